The number of pyridine rings is 1. The van der Waals surface area contributed by atoms with Crippen molar-refractivity contribution in [1.82, 2.24) is 20.3 Å². The number of fused-ring (bicyclic) bond motifs is 2. The van der Waals surface area contributed by atoms with E-state index in [4.69, 9.17) is 4.99 Å². The molecule has 1 aliphatic rings. The molecule has 3 aromatic heterocycles. The lowest BCUT2D eigenvalue weighted by Crippen LogP contribution is -2.41. The molecule has 4 aromatic rings. The van der Waals surface area contributed by atoms with E-state index in [1.165, 1.54) is 16.5 Å². The molecule has 6 nitrogen and oxygen atoms in total. The highest BCUT2D eigenvalue weighted by atomic mass is 32.1. The number of thiazole rings is 1. The minimum atomic E-state index is 0.664. The highest BCUT2D eigenvalue weighted by Gasteiger charge is 2.21. The Balaban J connectivity index is 1.46. The van der Waals surface area contributed by atoms with Crippen molar-refractivity contribution < 1.29 is 0 Å². The zero-order valence-corrected chi connectivity index (χ0v) is 16.8. The van der Waals surface area contributed by atoms with Crippen LogP contribution in [0.15, 0.2) is 53.2 Å². The molecule has 5 rings (SSSR count). The number of rotatable bonds is 3. The molecule has 0 atom stereocenters. The van der Waals surface area contributed by atoms with Crippen LogP contribution in [0.2, 0.25) is 0 Å². The molecule has 0 radical (unpaired) electrons. The number of aliphatic imine (C=N–C) groups is 1. The average molecular weight is 401 g/mol. The number of benzene rings is 1. The largest absolute Gasteiger partial charge is 0.361 e. The zero-order chi connectivity index (χ0) is 19.8. The molecule has 0 unspecified atom stereocenters. The second-order valence-electron chi connectivity index (χ2n) is 7.00. The average Bonchev–Trinajstić information content (AvgIpc) is 3.35. The molecule has 3 N–H and O–H groups in total. The maximum Gasteiger partial charge on any atom is 0.155 e. The Morgan fingerprint density at radius 1 is 1.17 bits per heavy atom. The summed E-state index contributed by atoms with van der Waals surface area (Å²) in [5.74, 6) is 1.61. The predicted molar refractivity (Wildman–Crippen MR) is 119 cm³/mol. The fourth-order valence-corrected chi connectivity index (χ4v) is 4.21. The number of hydrogen-bond donors (Lipinski definition) is 3. The molecule has 0 saturated carbocycles. The fraction of sp³-hybridized carbons (Fsp3) is 0.136. The molecule has 29 heavy (non-hydrogen) atoms. The molecule has 144 valence electrons. The molecule has 0 amide bonds. The number of H-pyrrole nitrogens is 1. The Morgan fingerprint density at radius 3 is 3.00 bits per heavy atom. The van der Waals surface area contributed by atoms with Gasteiger partial charge in [-0.2, -0.15) is 0 Å². The first-order valence-corrected chi connectivity index (χ1v) is 10.3. The Labute approximate surface area is 171 Å². The van der Waals surface area contributed by atoms with Gasteiger partial charge in [-0.3, -0.25) is 9.98 Å². The van der Waals surface area contributed by atoms with Gasteiger partial charge in [-0.05, 0) is 43.2 Å². The lowest BCUT2D eigenvalue weighted by Gasteiger charge is -2.20. The highest BCUT2D eigenvalue weighted by Crippen LogP contribution is 2.25. The summed E-state index contributed by atoms with van der Waals surface area (Å²) in [5, 5.41) is 10.7. The summed E-state index contributed by atoms with van der Waals surface area (Å²) >= 11 is 1.56. The van der Waals surface area contributed by atoms with Gasteiger partial charge >= 0.3 is 0 Å². The van der Waals surface area contributed by atoms with Crippen molar-refractivity contribution in [1.29, 1.82) is 0 Å². The number of hydrogen-bond acceptors (Lipinski definition) is 5. The maximum atomic E-state index is 4.84. The van der Waals surface area contributed by atoms with Crippen LogP contribution < -0.4 is 21.2 Å². The van der Waals surface area contributed by atoms with Gasteiger partial charge in [0.2, 0.25) is 0 Å². The van der Waals surface area contributed by atoms with Crippen molar-refractivity contribution >= 4 is 45.5 Å². The van der Waals surface area contributed by atoms with Crippen LogP contribution in [0.3, 0.4) is 0 Å². The van der Waals surface area contributed by atoms with Crippen molar-refractivity contribution in [2.75, 3.05) is 11.9 Å². The van der Waals surface area contributed by atoms with Crippen molar-refractivity contribution in [3.63, 3.8) is 0 Å². The first-order chi connectivity index (χ1) is 14.2. The summed E-state index contributed by atoms with van der Waals surface area (Å²) in [7, 11) is 0. The van der Waals surface area contributed by atoms with Crippen LogP contribution in [0.5, 0.6) is 0 Å². The number of aryl methyl sites for hydroxylation is 1. The van der Waals surface area contributed by atoms with E-state index < -0.39 is 0 Å². The number of amidine groups is 1. The standard InChI is InChI=1S/C22H20N6S/c1-13-5-6-18-17(10-13)15(11-25-18)7-9-24-21-19-22(29-12-26-19)28-20(27-21)16-4-3-8-23-14(16)2/h3-6,8,10-12,25,28H,2,7,9H2,1H3,(H,24,27). The number of nitrogens with one attached hydrogen (secondary N) is 3. The summed E-state index contributed by atoms with van der Waals surface area (Å²) in [5.41, 5.74) is 6.38. The smallest absolute Gasteiger partial charge is 0.155 e. The van der Waals surface area contributed by atoms with E-state index in [1.54, 1.807) is 17.5 Å². The number of aromatic nitrogens is 3. The lowest BCUT2D eigenvalue weighted by molar-refractivity contribution is 0.960. The molecule has 0 bridgehead atoms. The van der Waals surface area contributed by atoms with Gasteiger partial charge in [-0.1, -0.05) is 18.2 Å². The molecule has 7 heteroatoms. The molecular formula is C22H20N6S. The van der Waals surface area contributed by atoms with Gasteiger partial charge in [0.25, 0.3) is 0 Å². The van der Waals surface area contributed by atoms with Gasteiger partial charge in [-0.15, -0.1) is 11.3 Å². The third-order valence-electron chi connectivity index (χ3n) is 5.01. The van der Waals surface area contributed by atoms with Crippen molar-refractivity contribution in [2.24, 2.45) is 4.99 Å². The van der Waals surface area contributed by atoms with Gasteiger partial charge in [-0.25, -0.2) is 4.98 Å². The molecule has 4 heterocycles. The molecule has 0 aliphatic carbocycles. The summed E-state index contributed by atoms with van der Waals surface area (Å²) in [6.45, 7) is 6.81. The van der Waals surface area contributed by atoms with Crippen molar-refractivity contribution in [3.8, 4) is 0 Å². The molecule has 1 aromatic carbocycles. The summed E-state index contributed by atoms with van der Waals surface area (Å²) in [6, 6.07) is 10.4. The van der Waals surface area contributed by atoms with Crippen LogP contribution in [0, 0.1) is 6.92 Å². The quantitative estimate of drug-likeness (QED) is 0.494. The summed E-state index contributed by atoms with van der Waals surface area (Å²) in [4.78, 5) is 17.0. The number of anilines is 1. The van der Waals surface area contributed by atoms with Crippen molar-refractivity contribution in [2.45, 2.75) is 13.3 Å². The normalized spacial score (nSPS) is 16.5. The van der Waals surface area contributed by atoms with Crippen LogP contribution in [-0.2, 0) is 6.42 Å². The SMILES string of the molecule is C=c1ncccc1=C1NC(=NCCc2c[nH]c3ccc(C)cc23)c2ncsc2N1. The van der Waals surface area contributed by atoms with E-state index >= 15 is 0 Å². The number of aromatic amines is 1. The maximum absolute atomic E-state index is 4.84. The Morgan fingerprint density at radius 2 is 2.10 bits per heavy atom. The van der Waals surface area contributed by atoms with Crippen LogP contribution in [0.1, 0.15) is 16.8 Å². The molecule has 0 fully saturated rings. The van der Waals surface area contributed by atoms with Crippen LogP contribution in [-0.4, -0.2) is 27.3 Å². The minimum Gasteiger partial charge on any atom is -0.361 e. The third-order valence-corrected chi connectivity index (χ3v) is 5.75. The van der Waals surface area contributed by atoms with Crippen LogP contribution >= 0.6 is 11.3 Å². The van der Waals surface area contributed by atoms with Gasteiger partial charge in [0.05, 0.1) is 10.9 Å². The Kier molecular flexibility index (Phi) is 4.37. The second kappa shape index (κ2) is 7.18. The monoisotopic (exact) mass is 400 g/mol. The van der Waals surface area contributed by atoms with E-state index in [-0.39, 0.29) is 0 Å². The molecule has 0 saturated heterocycles. The molecule has 1 aliphatic heterocycles. The third kappa shape index (κ3) is 3.30. The predicted octanol–water partition coefficient (Wildman–Crippen LogP) is 2.51. The van der Waals surface area contributed by atoms with Crippen LogP contribution in [0.4, 0.5) is 5.00 Å². The summed E-state index contributed by atoms with van der Waals surface area (Å²) in [6.07, 6.45) is 4.67. The highest BCUT2D eigenvalue weighted by molar-refractivity contribution is 7.14. The van der Waals surface area contributed by atoms with E-state index in [0.717, 1.165) is 39.5 Å². The van der Waals surface area contributed by atoms with Gasteiger partial charge < -0.3 is 15.6 Å². The van der Waals surface area contributed by atoms with Gasteiger partial charge in [0.15, 0.2) is 5.84 Å². The Bertz CT molecular complexity index is 1350. The number of nitrogens with zero attached hydrogens (tertiary/aromatic N) is 3. The molecule has 0 spiro atoms. The first kappa shape index (κ1) is 17.6. The van der Waals surface area contributed by atoms with Crippen molar-refractivity contribution in [3.05, 3.63) is 75.6 Å². The second-order valence-corrected chi connectivity index (χ2v) is 7.85. The fourth-order valence-electron chi connectivity index (χ4n) is 3.53. The Hall–Kier alpha value is -3.45. The zero-order valence-electron chi connectivity index (χ0n) is 16.0. The van der Waals surface area contributed by atoms with Gasteiger partial charge in [0, 0.05) is 35.1 Å². The van der Waals surface area contributed by atoms with Crippen LogP contribution in [0.25, 0.3) is 23.3 Å². The van der Waals surface area contributed by atoms with E-state index in [2.05, 4.69) is 63.5 Å². The summed E-state index contributed by atoms with van der Waals surface area (Å²) < 4.78 is 0. The van der Waals surface area contributed by atoms with E-state index in [9.17, 15) is 0 Å². The van der Waals surface area contributed by atoms with E-state index in [0.29, 0.717) is 11.9 Å². The first-order valence-electron chi connectivity index (χ1n) is 9.42. The molecular weight excluding hydrogens is 380 g/mol. The minimum absolute atomic E-state index is 0.664. The van der Waals surface area contributed by atoms with E-state index in [1.807, 2.05) is 17.6 Å². The topological polar surface area (TPSA) is 78.0 Å². The lowest BCUT2D eigenvalue weighted by atomic mass is 10.1. The van der Waals surface area contributed by atoms with Gasteiger partial charge in [0.1, 0.15) is 16.5 Å².